The fourth-order valence-corrected chi connectivity index (χ4v) is 2.11. The van der Waals surface area contributed by atoms with Gasteiger partial charge in [-0.15, -0.1) is 0 Å². The highest BCUT2D eigenvalue weighted by atomic mass is 16.5. The minimum absolute atomic E-state index is 0.883. The maximum absolute atomic E-state index is 5.16. The van der Waals surface area contributed by atoms with Crippen molar-refractivity contribution in [2.45, 2.75) is 32.6 Å². The molecule has 1 aromatic rings. The third-order valence-electron chi connectivity index (χ3n) is 3.41. The number of unbranched alkanes of at least 4 members (excludes halogenated alkanes) is 1. The molecule has 0 saturated heterocycles. The molecular weight excluding hydrogens is 274 g/mol. The molecule has 0 amide bonds. The molecular formula is C18H29N3O. The lowest BCUT2D eigenvalue weighted by Crippen LogP contribution is -2.38. The largest absolute Gasteiger partial charge is 0.497 e. The summed E-state index contributed by atoms with van der Waals surface area (Å²) in [4.78, 5) is 4.22. The zero-order valence-electron chi connectivity index (χ0n) is 14.1. The Kier molecular flexibility index (Phi) is 9.59. The zero-order chi connectivity index (χ0) is 16.0. The van der Waals surface area contributed by atoms with Crippen molar-refractivity contribution in [2.24, 2.45) is 4.99 Å². The summed E-state index contributed by atoms with van der Waals surface area (Å²) in [6, 6.07) is 8.30. The number of benzene rings is 1. The van der Waals surface area contributed by atoms with E-state index in [9.17, 15) is 0 Å². The summed E-state index contributed by atoms with van der Waals surface area (Å²) in [6.07, 6.45) is 8.62. The lowest BCUT2D eigenvalue weighted by molar-refractivity contribution is 0.414. The second-order valence-corrected chi connectivity index (χ2v) is 5.09. The maximum atomic E-state index is 5.16. The van der Waals surface area contributed by atoms with Crippen LogP contribution in [-0.4, -0.2) is 33.2 Å². The van der Waals surface area contributed by atoms with Crippen molar-refractivity contribution in [1.82, 2.24) is 10.6 Å². The Morgan fingerprint density at radius 3 is 2.50 bits per heavy atom. The molecule has 0 saturated carbocycles. The van der Waals surface area contributed by atoms with E-state index < -0.39 is 0 Å². The van der Waals surface area contributed by atoms with E-state index in [0.717, 1.165) is 50.5 Å². The van der Waals surface area contributed by atoms with Crippen LogP contribution in [0.15, 0.2) is 41.4 Å². The van der Waals surface area contributed by atoms with Gasteiger partial charge in [-0.25, -0.2) is 0 Å². The molecule has 0 unspecified atom stereocenters. The molecule has 0 spiro atoms. The van der Waals surface area contributed by atoms with Gasteiger partial charge in [0.05, 0.1) is 7.11 Å². The first-order valence-corrected chi connectivity index (χ1v) is 7.98. The number of hydrogen-bond acceptors (Lipinski definition) is 2. The normalized spacial score (nSPS) is 11.7. The standard InChI is InChI=1S/C18H29N3O/c1-4-5-7-14-20-18(19-2)21-15-8-6-9-16-10-12-17(22-3)13-11-16/h4-5,10-13H,6-9,14-15H2,1-3H3,(H2,19,20,21)/b5-4+. The van der Waals surface area contributed by atoms with E-state index in [1.165, 1.54) is 5.56 Å². The van der Waals surface area contributed by atoms with Gasteiger partial charge in [-0.1, -0.05) is 24.3 Å². The summed E-state index contributed by atoms with van der Waals surface area (Å²) in [7, 11) is 3.50. The molecule has 1 aromatic carbocycles. The Balaban J connectivity index is 2.12. The van der Waals surface area contributed by atoms with Gasteiger partial charge in [-0.2, -0.15) is 0 Å². The van der Waals surface area contributed by atoms with Crippen LogP contribution in [0.1, 0.15) is 31.7 Å². The first-order chi connectivity index (χ1) is 10.8. The highest BCUT2D eigenvalue weighted by Gasteiger charge is 1.97. The summed E-state index contributed by atoms with van der Waals surface area (Å²) in [5, 5.41) is 6.64. The molecule has 4 heteroatoms. The highest BCUT2D eigenvalue weighted by molar-refractivity contribution is 5.79. The quantitative estimate of drug-likeness (QED) is 0.319. The molecule has 0 aliphatic rings. The van der Waals surface area contributed by atoms with E-state index in [2.05, 4.69) is 39.9 Å². The number of ether oxygens (including phenoxy) is 1. The fraction of sp³-hybridized carbons (Fsp3) is 0.500. The van der Waals surface area contributed by atoms with Gasteiger partial charge in [0.1, 0.15) is 5.75 Å². The molecule has 22 heavy (non-hydrogen) atoms. The van der Waals surface area contributed by atoms with Crippen LogP contribution in [0.5, 0.6) is 5.75 Å². The molecule has 0 aliphatic carbocycles. The van der Waals surface area contributed by atoms with Gasteiger partial charge in [0.25, 0.3) is 0 Å². The molecule has 2 N–H and O–H groups in total. The first-order valence-electron chi connectivity index (χ1n) is 7.98. The monoisotopic (exact) mass is 303 g/mol. The predicted molar refractivity (Wildman–Crippen MR) is 94.7 cm³/mol. The van der Waals surface area contributed by atoms with Crippen LogP contribution in [0.3, 0.4) is 0 Å². The van der Waals surface area contributed by atoms with E-state index in [0.29, 0.717) is 0 Å². The van der Waals surface area contributed by atoms with Crippen LogP contribution in [0, 0.1) is 0 Å². The van der Waals surface area contributed by atoms with Crippen molar-refractivity contribution in [3.8, 4) is 5.75 Å². The Hall–Kier alpha value is -1.97. The lowest BCUT2D eigenvalue weighted by Gasteiger charge is -2.11. The molecule has 1 rings (SSSR count). The zero-order valence-corrected chi connectivity index (χ0v) is 14.1. The number of guanidine groups is 1. The number of aryl methyl sites for hydroxylation is 1. The van der Waals surface area contributed by atoms with Gasteiger partial charge in [0, 0.05) is 20.1 Å². The molecule has 0 aromatic heterocycles. The minimum atomic E-state index is 0.883. The number of allylic oxidation sites excluding steroid dienone is 1. The number of nitrogens with zero attached hydrogens (tertiary/aromatic N) is 1. The second-order valence-electron chi connectivity index (χ2n) is 5.09. The van der Waals surface area contributed by atoms with Crippen LogP contribution >= 0.6 is 0 Å². The SMILES string of the molecule is C/C=C/CCNC(=NC)NCCCCc1ccc(OC)cc1. The van der Waals surface area contributed by atoms with Crippen LogP contribution in [0.2, 0.25) is 0 Å². The maximum Gasteiger partial charge on any atom is 0.190 e. The van der Waals surface area contributed by atoms with Gasteiger partial charge in [-0.3, -0.25) is 4.99 Å². The van der Waals surface area contributed by atoms with Gasteiger partial charge in [0.2, 0.25) is 0 Å². The van der Waals surface area contributed by atoms with E-state index in [1.54, 1.807) is 7.11 Å². The fourth-order valence-electron chi connectivity index (χ4n) is 2.11. The van der Waals surface area contributed by atoms with Crippen molar-refractivity contribution < 1.29 is 4.74 Å². The van der Waals surface area contributed by atoms with Crippen LogP contribution in [0.4, 0.5) is 0 Å². The molecule has 4 nitrogen and oxygen atoms in total. The van der Waals surface area contributed by atoms with E-state index in [4.69, 9.17) is 4.74 Å². The Morgan fingerprint density at radius 2 is 1.86 bits per heavy atom. The number of aliphatic imine (C=N–C) groups is 1. The number of rotatable bonds is 9. The van der Waals surface area contributed by atoms with Gasteiger partial charge in [-0.05, 0) is 50.3 Å². The molecule has 0 heterocycles. The third-order valence-corrected chi connectivity index (χ3v) is 3.41. The van der Waals surface area contributed by atoms with Gasteiger partial charge < -0.3 is 15.4 Å². The summed E-state index contributed by atoms with van der Waals surface area (Å²) >= 11 is 0. The average Bonchev–Trinajstić information content (AvgIpc) is 2.57. The molecule has 122 valence electrons. The topological polar surface area (TPSA) is 45.7 Å². The summed E-state index contributed by atoms with van der Waals surface area (Å²) in [6.45, 7) is 3.89. The van der Waals surface area contributed by atoms with E-state index in [-0.39, 0.29) is 0 Å². The Bertz CT molecular complexity index is 452. The number of nitrogens with one attached hydrogen (secondary N) is 2. The first kappa shape index (κ1) is 18.1. The van der Waals surface area contributed by atoms with Crippen molar-refractivity contribution >= 4 is 5.96 Å². The summed E-state index contributed by atoms with van der Waals surface area (Å²) in [5.41, 5.74) is 1.36. The Labute approximate surface area is 134 Å². The smallest absolute Gasteiger partial charge is 0.190 e. The van der Waals surface area contributed by atoms with Gasteiger partial charge in [0.15, 0.2) is 5.96 Å². The number of hydrogen-bond donors (Lipinski definition) is 2. The molecule has 0 fully saturated rings. The highest BCUT2D eigenvalue weighted by Crippen LogP contribution is 2.12. The van der Waals surface area contributed by atoms with E-state index >= 15 is 0 Å². The van der Waals surface area contributed by atoms with Crippen LogP contribution in [-0.2, 0) is 6.42 Å². The third kappa shape index (κ3) is 7.72. The second kappa shape index (κ2) is 11.7. The summed E-state index contributed by atoms with van der Waals surface area (Å²) in [5.74, 6) is 1.80. The van der Waals surface area contributed by atoms with E-state index in [1.807, 2.05) is 26.1 Å². The lowest BCUT2D eigenvalue weighted by atomic mass is 10.1. The van der Waals surface area contributed by atoms with Crippen molar-refractivity contribution in [3.05, 3.63) is 42.0 Å². The molecule has 0 aliphatic heterocycles. The minimum Gasteiger partial charge on any atom is -0.497 e. The number of methoxy groups -OCH3 is 1. The van der Waals surface area contributed by atoms with Gasteiger partial charge >= 0.3 is 0 Å². The predicted octanol–water partition coefficient (Wildman–Crippen LogP) is 3.15. The van der Waals surface area contributed by atoms with Crippen LogP contribution in [0.25, 0.3) is 0 Å². The molecule has 0 radical (unpaired) electrons. The summed E-state index contributed by atoms with van der Waals surface area (Å²) < 4.78 is 5.16. The van der Waals surface area contributed by atoms with Crippen molar-refractivity contribution in [3.63, 3.8) is 0 Å². The Morgan fingerprint density at radius 1 is 1.14 bits per heavy atom. The van der Waals surface area contributed by atoms with Crippen LogP contribution < -0.4 is 15.4 Å². The molecule has 0 bridgehead atoms. The average molecular weight is 303 g/mol. The van der Waals surface area contributed by atoms with Crippen molar-refractivity contribution in [2.75, 3.05) is 27.2 Å². The van der Waals surface area contributed by atoms with Crippen molar-refractivity contribution in [1.29, 1.82) is 0 Å². The molecule has 0 atom stereocenters.